The van der Waals surface area contributed by atoms with E-state index in [1.807, 2.05) is 0 Å². The Morgan fingerprint density at radius 1 is 0.400 bits per heavy atom. The lowest BCUT2D eigenvalue weighted by Gasteiger charge is -2.17. The Kier molecular flexibility index (Phi) is 5.09. The van der Waals surface area contributed by atoms with Crippen LogP contribution in [-0.2, 0) is 6.42 Å². The Bertz CT molecular complexity index is 2600. The summed E-state index contributed by atoms with van der Waals surface area (Å²) in [7, 11) is 0. The summed E-state index contributed by atoms with van der Waals surface area (Å²) < 4.78 is 4.94. The Hall–Kier alpha value is -5.86. The molecule has 0 amide bonds. The lowest BCUT2D eigenvalue weighted by Crippen LogP contribution is -1.99. The molecule has 0 aliphatic heterocycles. The van der Waals surface area contributed by atoms with Crippen molar-refractivity contribution in [1.29, 1.82) is 0 Å². The summed E-state index contributed by atoms with van der Waals surface area (Å²) in [6.07, 6.45) is 0.940. The molecule has 0 saturated carbocycles. The second-order valence-corrected chi connectivity index (χ2v) is 12.1. The van der Waals surface area contributed by atoms with Gasteiger partial charge < -0.3 is 9.13 Å². The molecule has 1 aliphatic rings. The maximum Gasteiger partial charge on any atom is 0.0549 e. The van der Waals surface area contributed by atoms with Crippen molar-refractivity contribution in [2.24, 2.45) is 0 Å². The number of para-hydroxylation sites is 3. The summed E-state index contributed by atoms with van der Waals surface area (Å²) >= 11 is 0. The van der Waals surface area contributed by atoms with Crippen molar-refractivity contribution in [1.82, 2.24) is 9.13 Å². The Balaban J connectivity index is 1.35. The highest BCUT2D eigenvalue weighted by molar-refractivity contribution is 6.29. The predicted octanol–water partition coefficient (Wildman–Crippen LogP) is 11.1. The minimum Gasteiger partial charge on any atom is -0.309 e. The molecule has 9 aromatic rings. The standard InChI is InChI=1S/C43H28N2/c1-3-13-28(14-4-1)31-23-24-38(41-32-18-8-7-15-29(32)27-35(31)41)45-37-22-12-10-20-34(37)43-40(45)26-25-39-42(43)33-19-9-11-21-36(33)44(39)30-16-5-2-6-17-30/h1-26H,27H2. The fourth-order valence-electron chi connectivity index (χ4n) is 7.94. The molecule has 2 heteroatoms. The van der Waals surface area contributed by atoms with Gasteiger partial charge in [0.25, 0.3) is 0 Å². The smallest absolute Gasteiger partial charge is 0.0549 e. The summed E-state index contributed by atoms with van der Waals surface area (Å²) in [6, 6.07) is 57.7. The third-order valence-electron chi connectivity index (χ3n) is 9.76. The second kappa shape index (κ2) is 9.32. The van der Waals surface area contributed by atoms with Gasteiger partial charge in [0.15, 0.2) is 0 Å². The minimum atomic E-state index is 0.940. The van der Waals surface area contributed by atoms with Gasteiger partial charge >= 0.3 is 0 Å². The lowest BCUT2D eigenvalue weighted by molar-refractivity contribution is 1.17. The highest BCUT2D eigenvalue weighted by atomic mass is 15.0. The molecule has 2 aromatic heterocycles. The number of aromatic nitrogens is 2. The van der Waals surface area contributed by atoms with Gasteiger partial charge in [-0.05, 0) is 76.7 Å². The van der Waals surface area contributed by atoms with Crippen molar-refractivity contribution in [2.75, 3.05) is 0 Å². The van der Waals surface area contributed by atoms with Crippen LogP contribution >= 0.6 is 0 Å². The van der Waals surface area contributed by atoms with Crippen molar-refractivity contribution in [3.8, 4) is 33.6 Å². The van der Waals surface area contributed by atoms with Gasteiger partial charge in [0.05, 0.1) is 27.8 Å². The first kappa shape index (κ1) is 24.6. The maximum atomic E-state index is 2.52. The second-order valence-electron chi connectivity index (χ2n) is 12.1. The van der Waals surface area contributed by atoms with E-state index >= 15 is 0 Å². The van der Waals surface area contributed by atoms with Crippen LogP contribution in [0.2, 0.25) is 0 Å². The van der Waals surface area contributed by atoms with Crippen LogP contribution in [0.1, 0.15) is 11.1 Å². The Morgan fingerprint density at radius 3 is 1.71 bits per heavy atom. The summed E-state index contributed by atoms with van der Waals surface area (Å²) in [4.78, 5) is 0. The van der Waals surface area contributed by atoms with Crippen LogP contribution in [0.5, 0.6) is 0 Å². The topological polar surface area (TPSA) is 9.86 Å². The fraction of sp³-hybridized carbons (Fsp3) is 0.0233. The monoisotopic (exact) mass is 572 g/mol. The number of nitrogens with zero attached hydrogens (tertiary/aromatic N) is 2. The molecule has 0 spiro atoms. The fourth-order valence-corrected chi connectivity index (χ4v) is 7.94. The predicted molar refractivity (Wildman–Crippen MR) is 189 cm³/mol. The van der Waals surface area contributed by atoms with E-state index < -0.39 is 0 Å². The van der Waals surface area contributed by atoms with Crippen molar-refractivity contribution in [3.63, 3.8) is 0 Å². The molecule has 10 rings (SSSR count). The summed E-state index contributed by atoms with van der Waals surface area (Å²) in [5.41, 5.74) is 15.4. The number of rotatable bonds is 3. The molecule has 0 fully saturated rings. The van der Waals surface area contributed by atoms with E-state index in [1.165, 1.54) is 88.4 Å². The molecule has 0 bridgehead atoms. The van der Waals surface area contributed by atoms with Crippen LogP contribution in [0.25, 0.3) is 77.2 Å². The van der Waals surface area contributed by atoms with Gasteiger partial charge in [-0.25, -0.2) is 0 Å². The number of benzene rings is 7. The molecule has 45 heavy (non-hydrogen) atoms. The normalized spacial score (nSPS) is 12.4. The third kappa shape index (κ3) is 3.39. The summed E-state index contributed by atoms with van der Waals surface area (Å²) in [6.45, 7) is 0. The van der Waals surface area contributed by atoms with E-state index in [9.17, 15) is 0 Å². The number of fused-ring (bicyclic) bond motifs is 10. The Morgan fingerprint density at radius 2 is 0.978 bits per heavy atom. The first-order valence-electron chi connectivity index (χ1n) is 15.7. The molecule has 2 heterocycles. The zero-order chi connectivity index (χ0) is 29.5. The minimum absolute atomic E-state index is 0.940. The van der Waals surface area contributed by atoms with Crippen LogP contribution in [-0.4, -0.2) is 9.13 Å². The number of hydrogen-bond acceptors (Lipinski definition) is 0. The average molecular weight is 573 g/mol. The quantitative estimate of drug-likeness (QED) is 0.199. The van der Waals surface area contributed by atoms with E-state index in [-0.39, 0.29) is 0 Å². The van der Waals surface area contributed by atoms with Crippen molar-refractivity contribution >= 4 is 43.6 Å². The van der Waals surface area contributed by atoms with E-state index in [0.29, 0.717) is 0 Å². The van der Waals surface area contributed by atoms with Crippen LogP contribution in [0.3, 0.4) is 0 Å². The van der Waals surface area contributed by atoms with Gasteiger partial charge in [-0.15, -0.1) is 0 Å². The molecule has 7 aromatic carbocycles. The molecule has 1 aliphatic carbocycles. The third-order valence-corrected chi connectivity index (χ3v) is 9.76. The average Bonchev–Trinajstić information content (AvgIpc) is 3.77. The van der Waals surface area contributed by atoms with Crippen molar-refractivity contribution < 1.29 is 0 Å². The largest absolute Gasteiger partial charge is 0.309 e. The summed E-state index contributed by atoms with van der Waals surface area (Å²) in [5, 5.41) is 5.17. The van der Waals surface area contributed by atoms with E-state index in [4.69, 9.17) is 0 Å². The van der Waals surface area contributed by atoms with Crippen molar-refractivity contribution in [3.05, 3.63) is 169 Å². The SMILES string of the molecule is c1ccc(-c2ccc(-n3c4ccccc4c4c5c6ccccc6n(-c6ccccc6)c5ccc43)c3c2Cc2ccccc2-3)cc1. The van der Waals surface area contributed by atoms with Gasteiger partial charge in [0, 0.05) is 32.8 Å². The van der Waals surface area contributed by atoms with Gasteiger partial charge in [-0.1, -0.05) is 115 Å². The van der Waals surface area contributed by atoms with Crippen LogP contribution < -0.4 is 0 Å². The van der Waals surface area contributed by atoms with E-state index in [0.717, 1.165) is 6.42 Å². The molecule has 210 valence electrons. The van der Waals surface area contributed by atoms with Crippen LogP contribution in [0, 0.1) is 0 Å². The summed E-state index contributed by atoms with van der Waals surface area (Å²) in [5.74, 6) is 0. The molecule has 0 radical (unpaired) electrons. The van der Waals surface area contributed by atoms with E-state index in [1.54, 1.807) is 0 Å². The van der Waals surface area contributed by atoms with Crippen LogP contribution in [0.4, 0.5) is 0 Å². The van der Waals surface area contributed by atoms with Gasteiger partial charge in [-0.3, -0.25) is 0 Å². The van der Waals surface area contributed by atoms with Gasteiger partial charge in [0.2, 0.25) is 0 Å². The highest BCUT2D eigenvalue weighted by Gasteiger charge is 2.27. The molecular formula is C43H28N2. The Labute approximate surface area is 261 Å². The van der Waals surface area contributed by atoms with Crippen molar-refractivity contribution in [2.45, 2.75) is 6.42 Å². The van der Waals surface area contributed by atoms with Gasteiger partial charge in [0.1, 0.15) is 0 Å². The molecule has 0 atom stereocenters. The molecule has 0 N–H and O–H groups in total. The maximum absolute atomic E-state index is 2.52. The molecule has 0 unspecified atom stereocenters. The zero-order valence-electron chi connectivity index (χ0n) is 24.6. The van der Waals surface area contributed by atoms with Crippen LogP contribution in [0.15, 0.2) is 158 Å². The highest BCUT2D eigenvalue weighted by Crippen LogP contribution is 2.48. The number of hydrogen-bond donors (Lipinski definition) is 0. The molecule has 2 nitrogen and oxygen atoms in total. The molecule has 0 saturated heterocycles. The molecular weight excluding hydrogens is 544 g/mol. The first-order valence-corrected chi connectivity index (χ1v) is 15.7. The lowest BCUT2D eigenvalue weighted by atomic mass is 9.94. The first-order chi connectivity index (χ1) is 22.4. The van der Waals surface area contributed by atoms with E-state index in [2.05, 4.69) is 167 Å². The van der Waals surface area contributed by atoms with Gasteiger partial charge in [-0.2, -0.15) is 0 Å². The zero-order valence-corrected chi connectivity index (χ0v) is 24.6.